The molecule has 17 heavy (non-hydrogen) atoms. The average Bonchev–Trinajstić information content (AvgIpc) is 2.29. The van der Waals surface area contributed by atoms with E-state index in [0.29, 0.717) is 24.2 Å². The molecule has 0 unspecified atom stereocenters. The number of halogens is 1. The quantitative estimate of drug-likeness (QED) is 0.616. The molecule has 0 aliphatic carbocycles. The van der Waals surface area contributed by atoms with Gasteiger partial charge in [-0.15, -0.1) is 12.4 Å². The Balaban J connectivity index is 0.00000256. The summed E-state index contributed by atoms with van der Waals surface area (Å²) in [6.07, 6.45) is 0. The van der Waals surface area contributed by atoms with Gasteiger partial charge in [-0.1, -0.05) is 18.2 Å². The summed E-state index contributed by atoms with van der Waals surface area (Å²) in [4.78, 5) is 23.1. The fourth-order valence-corrected chi connectivity index (χ4v) is 1.38. The van der Waals surface area contributed by atoms with Gasteiger partial charge in [-0.3, -0.25) is 9.59 Å². The first-order valence-electron chi connectivity index (χ1n) is 5.19. The lowest BCUT2D eigenvalue weighted by Gasteiger charge is -2.07. The van der Waals surface area contributed by atoms with E-state index in [1.807, 2.05) is 7.05 Å². The molecule has 0 aromatic heterocycles. The van der Waals surface area contributed by atoms with Gasteiger partial charge >= 0.3 is 0 Å². The highest BCUT2D eigenvalue weighted by molar-refractivity contribution is 6.07. The predicted molar refractivity (Wildman–Crippen MR) is 70.0 cm³/mol. The molecule has 0 saturated heterocycles. The molecule has 0 bridgehead atoms. The fraction of sp³-hybridized carbons (Fsp3) is 0.333. The molecule has 94 valence electrons. The first-order chi connectivity index (χ1) is 7.66. The van der Waals surface area contributed by atoms with Crippen LogP contribution in [-0.4, -0.2) is 31.8 Å². The molecular formula is C12H17ClN2O2. The van der Waals surface area contributed by atoms with Crippen molar-refractivity contribution in [3.63, 3.8) is 0 Å². The number of amides is 1. The van der Waals surface area contributed by atoms with Crippen LogP contribution < -0.4 is 10.6 Å². The Hall–Kier alpha value is -1.39. The second-order valence-corrected chi connectivity index (χ2v) is 3.46. The monoisotopic (exact) mass is 256 g/mol. The highest BCUT2D eigenvalue weighted by Crippen LogP contribution is 2.09. The van der Waals surface area contributed by atoms with Crippen LogP contribution in [0.2, 0.25) is 0 Å². The zero-order chi connectivity index (χ0) is 12.0. The number of hydrogen-bond acceptors (Lipinski definition) is 3. The van der Waals surface area contributed by atoms with E-state index in [1.165, 1.54) is 6.92 Å². The van der Waals surface area contributed by atoms with Gasteiger partial charge in [0.1, 0.15) is 0 Å². The molecule has 5 heteroatoms. The fourth-order valence-electron chi connectivity index (χ4n) is 1.38. The molecule has 0 fully saturated rings. The number of likely N-dealkylation sites (N-methyl/N-ethyl adjacent to an activating group) is 1. The maximum absolute atomic E-state index is 11.8. The largest absolute Gasteiger partial charge is 0.351 e. The Morgan fingerprint density at radius 1 is 1.12 bits per heavy atom. The zero-order valence-corrected chi connectivity index (χ0v) is 10.8. The number of hydrogen-bond donors (Lipinski definition) is 2. The predicted octanol–water partition coefficient (Wildman–Crippen LogP) is 1.26. The lowest BCUT2D eigenvalue weighted by atomic mass is 10.0. The second-order valence-electron chi connectivity index (χ2n) is 3.46. The summed E-state index contributed by atoms with van der Waals surface area (Å²) in [7, 11) is 1.82. The van der Waals surface area contributed by atoms with Gasteiger partial charge in [-0.05, 0) is 20.0 Å². The molecule has 0 atom stereocenters. The van der Waals surface area contributed by atoms with E-state index in [4.69, 9.17) is 0 Å². The number of rotatable bonds is 5. The van der Waals surface area contributed by atoms with Crippen molar-refractivity contribution >= 4 is 24.1 Å². The Morgan fingerprint density at radius 3 is 2.24 bits per heavy atom. The van der Waals surface area contributed by atoms with Gasteiger partial charge in [0.05, 0.1) is 5.56 Å². The van der Waals surface area contributed by atoms with Gasteiger partial charge in [0, 0.05) is 18.7 Å². The number of benzene rings is 1. The third-order valence-corrected chi connectivity index (χ3v) is 2.21. The van der Waals surface area contributed by atoms with E-state index in [9.17, 15) is 9.59 Å². The summed E-state index contributed by atoms with van der Waals surface area (Å²) < 4.78 is 0. The topological polar surface area (TPSA) is 58.2 Å². The van der Waals surface area contributed by atoms with Crippen molar-refractivity contribution in [2.75, 3.05) is 20.1 Å². The van der Waals surface area contributed by atoms with E-state index in [2.05, 4.69) is 10.6 Å². The third-order valence-electron chi connectivity index (χ3n) is 2.21. The smallest absolute Gasteiger partial charge is 0.252 e. The minimum Gasteiger partial charge on any atom is -0.351 e. The van der Waals surface area contributed by atoms with Crippen molar-refractivity contribution in [1.82, 2.24) is 10.6 Å². The standard InChI is InChI=1S/C12H16N2O2.ClH/c1-9(15)10-5-3-4-6-11(10)12(16)14-8-7-13-2;/h3-6,13H,7-8H2,1-2H3,(H,14,16);1H. The van der Waals surface area contributed by atoms with E-state index in [-0.39, 0.29) is 24.1 Å². The van der Waals surface area contributed by atoms with Crippen LogP contribution in [0.15, 0.2) is 24.3 Å². The van der Waals surface area contributed by atoms with Crippen molar-refractivity contribution in [3.8, 4) is 0 Å². The van der Waals surface area contributed by atoms with E-state index < -0.39 is 0 Å². The minimum absolute atomic E-state index is 0. The molecule has 4 nitrogen and oxygen atoms in total. The molecule has 0 heterocycles. The van der Waals surface area contributed by atoms with Crippen molar-refractivity contribution in [1.29, 1.82) is 0 Å². The maximum atomic E-state index is 11.8. The lowest BCUT2D eigenvalue weighted by Crippen LogP contribution is -2.31. The number of carbonyl (C=O) groups is 2. The minimum atomic E-state index is -0.207. The van der Waals surface area contributed by atoms with Crippen molar-refractivity contribution in [3.05, 3.63) is 35.4 Å². The molecule has 1 rings (SSSR count). The molecule has 0 aliphatic rings. The van der Waals surface area contributed by atoms with Gasteiger partial charge in [0.25, 0.3) is 5.91 Å². The van der Waals surface area contributed by atoms with Gasteiger partial charge in [-0.25, -0.2) is 0 Å². The van der Waals surface area contributed by atoms with Crippen molar-refractivity contribution < 1.29 is 9.59 Å². The highest BCUT2D eigenvalue weighted by Gasteiger charge is 2.12. The summed E-state index contributed by atoms with van der Waals surface area (Å²) in [6.45, 7) is 2.70. The molecule has 1 aromatic rings. The molecule has 0 spiro atoms. The Labute approximate surface area is 107 Å². The molecular weight excluding hydrogens is 240 g/mol. The third kappa shape index (κ3) is 4.54. The van der Waals surface area contributed by atoms with Gasteiger partial charge in [0.15, 0.2) is 5.78 Å². The van der Waals surface area contributed by atoms with E-state index >= 15 is 0 Å². The SMILES string of the molecule is CNCCNC(=O)c1ccccc1C(C)=O.Cl. The van der Waals surface area contributed by atoms with Crippen LogP contribution in [0.1, 0.15) is 27.6 Å². The van der Waals surface area contributed by atoms with Gasteiger partial charge in [-0.2, -0.15) is 0 Å². The highest BCUT2D eigenvalue weighted by atomic mass is 35.5. The van der Waals surface area contributed by atoms with Crippen LogP contribution in [0.25, 0.3) is 0 Å². The molecule has 0 aliphatic heterocycles. The average molecular weight is 257 g/mol. The molecule has 1 aromatic carbocycles. The molecule has 2 N–H and O–H groups in total. The molecule has 0 radical (unpaired) electrons. The van der Waals surface area contributed by atoms with Gasteiger partial charge < -0.3 is 10.6 Å². The second kappa shape index (κ2) is 7.81. The van der Waals surface area contributed by atoms with Crippen molar-refractivity contribution in [2.24, 2.45) is 0 Å². The van der Waals surface area contributed by atoms with Gasteiger partial charge in [0.2, 0.25) is 0 Å². The van der Waals surface area contributed by atoms with Crippen LogP contribution in [0.4, 0.5) is 0 Å². The molecule has 0 saturated carbocycles. The normalized spacial score (nSPS) is 9.29. The van der Waals surface area contributed by atoms with Crippen LogP contribution in [0.3, 0.4) is 0 Å². The number of carbonyl (C=O) groups excluding carboxylic acids is 2. The zero-order valence-electron chi connectivity index (χ0n) is 9.95. The Bertz CT molecular complexity index is 394. The summed E-state index contributed by atoms with van der Waals surface area (Å²) in [6, 6.07) is 6.82. The summed E-state index contributed by atoms with van der Waals surface area (Å²) in [5, 5.41) is 5.67. The van der Waals surface area contributed by atoms with Crippen LogP contribution in [0.5, 0.6) is 0 Å². The van der Waals surface area contributed by atoms with Crippen LogP contribution >= 0.6 is 12.4 Å². The molecule has 1 amide bonds. The number of nitrogens with one attached hydrogen (secondary N) is 2. The number of ketones is 1. The van der Waals surface area contributed by atoms with Crippen LogP contribution in [-0.2, 0) is 0 Å². The summed E-state index contributed by atoms with van der Waals surface area (Å²) >= 11 is 0. The van der Waals surface area contributed by atoms with E-state index in [1.54, 1.807) is 24.3 Å². The van der Waals surface area contributed by atoms with Crippen LogP contribution in [0, 0.1) is 0 Å². The first-order valence-corrected chi connectivity index (χ1v) is 5.19. The first kappa shape index (κ1) is 15.6. The lowest BCUT2D eigenvalue weighted by molar-refractivity contribution is 0.0939. The number of Topliss-reactive ketones (excluding diaryl/α,β-unsaturated/α-hetero) is 1. The van der Waals surface area contributed by atoms with E-state index in [0.717, 1.165) is 0 Å². The Morgan fingerprint density at radius 2 is 1.71 bits per heavy atom. The summed E-state index contributed by atoms with van der Waals surface area (Å²) in [5.74, 6) is -0.305. The van der Waals surface area contributed by atoms with Crippen molar-refractivity contribution in [2.45, 2.75) is 6.92 Å². The Kier molecular flexibility index (Phi) is 7.18. The maximum Gasteiger partial charge on any atom is 0.252 e. The summed E-state index contributed by atoms with van der Waals surface area (Å²) in [5.41, 5.74) is 0.899.